The monoisotopic (exact) mass is 502 g/mol. The summed E-state index contributed by atoms with van der Waals surface area (Å²) in [7, 11) is 3.56. The summed E-state index contributed by atoms with van der Waals surface area (Å²) in [6, 6.07) is 2.67. The summed E-state index contributed by atoms with van der Waals surface area (Å²) in [5, 5.41) is 6.64. The van der Waals surface area contributed by atoms with Crippen LogP contribution in [-0.4, -0.2) is 61.3 Å². The van der Waals surface area contributed by atoms with Crippen molar-refractivity contribution < 1.29 is 18.3 Å². The molecule has 3 atom stereocenters. The highest BCUT2D eigenvalue weighted by Crippen LogP contribution is 2.34. The van der Waals surface area contributed by atoms with Gasteiger partial charge in [0.1, 0.15) is 27.2 Å². The molecule has 3 unspecified atom stereocenters. The first-order chi connectivity index (χ1) is 16.8. The molecular weight excluding hydrogens is 474 g/mol. The van der Waals surface area contributed by atoms with E-state index in [1.807, 2.05) is 11.9 Å². The summed E-state index contributed by atoms with van der Waals surface area (Å²) in [5.41, 5.74) is 7.86. The number of carbonyl (C=O) groups is 1. The molecule has 0 bridgehead atoms. The molecule has 1 aliphatic carbocycles. The van der Waals surface area contributed by atoms with Gasteiger partial charge in [-0.2, -0.15) is 0 Å². The second kappa shape index (κ2) is 9.29. The first-order valence-electron chi connectivity index (χ1n) is 11.6. The Bertz CT molecular complexity index is 1290. The normalized spacial score (nSPS) is 22.0. The van der Waals surface area contributed by atoms with Crippen molar-refractivity contribution >= 4 is 39.0 Å². The zero-order valence-corrected chi connectivity index (χ0v) is 20.6. The van der Waals surface area contributed by atoms with Gasteiger partial charge in [0.2, 0.25) is 0 Å². The molecule has 1 amide bonds. The van der Waals surface area contributed by atoms with Gasteiger partial charge in [-0.3, -0.25) is 4.79 Å². The van der Waals surface area contributed by atoms with E-state index in [2.05, 4.69) is 15.6 Å². The molecule has 1 saturated heterocycles. The number of pyridine rings is 2. The molecule has 186 valence electrons. The number of nitrogens with two attached hydrogens (primary N) is 1. The van der Waals surface area contributed by atoms with Crippen LogP contribution in [0.15, 0.2) is 12.1 Å². The van der Waals surface area contributed by atoms with E-state index in [-0.39, 0.29) is 46.2 Å². The molecular formula is C24H28F2N6O2S. The molecule has 8 nitrogen and oxygen atoms in total. The van der Waals surface area contributed by atoms with Crippen LogP contribution >= 0.6 is 11.3 Å². The Hall–Kier alpha value is -2.89. The van der Waals surface area contributed by atoms with Gasteiger partial charge in [0, 0.05) is 49.0 Å². The molecule has 35 heavy (non-hydrogen) atoms. The highest BCUT2D eigenvalue weighted by molar-refractivity contribution is 7.21. The predicted octanol–water partition coefficient (Wildman–Crippen LogP) is 2.57. The van der Waals surface area contributed by atoms with Crippen LogP contribution in [0, 0.1) is 18.6 Å². The molecule has 3 aromatic heterocycles. The van der Waals surface area contributed by atoms with Gasteiger partial charge in [0.05, 0.1) is 23.5 Å². The van der Waals surface area contributed by atoms with Crippen molar-refractivity contribution in [2.45, 2.75) is 44.4 Å². The molecule has 1 fully saturated rings. The van der Waals surface area contributed by atoms with Crippen LogP contribution in [0.1, 0.15) is 33.0 Å². The number of thiophene rings is 1. The standard InChI is InChI=1S/C24H28F2N6O2S/c1-11-15(25)7-14-21(27)22(35-24(14)29-11)23(33)30-12-4-5-17-13(6-12)16(26)8-20(31-17)32-9-18(28-2)19(10-32)34-3/h7-8,12,18-19,28H,4-6,9-10,27H2,1-3H3,(H,30,33). The predicted molar refractivity (Wildman–Crippen MR) is 132 cm³/mol. The molecule has 4 N–H and O–H groups in total. The summed E-state index contributed by atoms with van der Waals surface area (Å²) in [6.07, 6.45) is 1.54. The molecule has 3 aromatic rings. The third-order valence-electron chi connectivity index (χ3n) is 6.98. The Labute approximate surface area is 205 Å². The van der Waals surface area contributed by atoms with E-state index >= 15 is 4.39 Å². The van der Waals surface area contributed by atoms with Crippen LogP contribution in [0.3, 0.4) is 0 Å². The molecule has 5 rings (SSSR count). The van der Waals surface area contributed by atoms with Gasteiger partial charge < -0.3 is 26.0 Å². The summed E-state index contributed by atoms with van der Waals surface area (Å²) >= 11 is 1.13. The molecule has 2 aliphatic rings. The average molecular weight is 503 g/mol. The maximum absolute atomic E-state index is 15.2. The van der Waals surface area contributed by atoms with Crippen molar-refractivity contribution in [2.24, 2.45) is 0 Å². The molecule has 0 spiro atoms. The summed E-state index contributed by atoms with van der Waals surface area (Å²) < 4.78 is 34.6. The SMILES string of the molecule is CNC1CN(c2cc(F)c3c(n2)CCC(NC(=O)c2sc4nc(C)c(F)cc4c2N)C3)CC1OC. The third kappa shape index (κ3) is 4.32. The van der Waals surface area contributed by atoms with Gasteiger partial charge in [-0.25, -0.2) is 18.7 Å². The first-order valence-corrected chi connectivity index (χ1v) is 12.4. The van der Waals surface area contributed by atoms with Gasteiger partial charge in [-0.15, -0.1) is 11.3 Å². The van der Waals surface area contributed by atoms with Crippen molar-refractivity contribution in [3.8, 4) is 0 Å². The van der Waals surface area contributed by atoms with Gasteiger partial charge in [-0.05, 0) is 39.3 Å². The van der Waals surface area contributed by atoms with E-state index in [9.17, 15) is 9.18 Å². The van der Waals surface area contributed by atoms with E-state index in [0.29, 0.717) is 53.9 Å². The number of ether oxygens (including phenoxy) is 1. The second-order valence-electron chi connectivity index (χ2n) is 9.13. The number of aromatic nitrogens is 2. The number of hydrogen-bond acceptors (Lipinski definition) is 8. The fraction of sp³-hybridized carbons (Fsp3) is 0.458. The Kier molecular flexibility index (Phi) is 6.32. The Balaban J connectivity index is 1.31. The molecule has 0 aromatic carbocycles. The van der Waals surface area contributed by atoms with E-state index in [1.165, 1.54) is 12.1 Å². The van der Waals surface area contributed by atoms with E-state index < -0.39 is 5.82 Å². The minimum absolute atomic E-state index is 0.0115. The quantitative estimate of drug-likeness (QED) is 0.493. The fourth-order valence-electron chi connectivity index (χ4n) is 4.94. The molecule has 0 radical (unpaired) electrons. The van der Waals surface area contributed by atoms with Crippen molar-refractivity contribution in [2.75, 3.05) is 37.9 Å². The first kappa shape index (κ1) is 23.8. The largest absolute Gasteiger partial charge is 0.397 e. The maximum atomic E-state index is 15.2. The smallest absolute Gasteiger partial charge is 0.263 e. The van der Waals surface area contributed by atoms with Crippen molar-refractivity contribution in [1.82, 2.24) is 20.6 Å². The van der Waals surface area contributed by atoms with Crippen LogP contribution < -0.4 is 21.3 Å². The third-order valence-corrected chi connectivity index (χ3v) is 8.09. The highest BCUT2D eigenvalue weighted by atomic mass is 32.1. The summed E-state index contributed by atoms with van der Waals surface area (Å²) in [6.45, 7) is 2.89. The zero-order valence-electron chi connectivity index (χ0n) is 19.8. The Morgan fingerprint density at radius 2 is 2.06 bits per heavy atom. The number of methoxy groups -OCH3 is 1. The number of nitrogens with zero attached hydrogens (tertiary/aromatic N) is 3. The Morgan fingerprint density at radius 1 is 1.26 bits per heavy atom. The number of carbonyl (C=O) groups excluding carboxylic acids is 1. The molecule has 0 saturated carbocycles. The lowest BCUT2D eigenvalue weighted by Crippen LogP contribution is -2.39. The number of hydrogen-bond donors (Lipinski definition) is 3. The number of likely N-dealkylation sites (N-methyl/N-ethyl adjacent to an activating group) is 1. The Morgan fingerprint density at radius 3 is 2.77 bits per heavy atom. The fourth-order valence-corrected chi connectivity index (χ4v) is 5.97. The average Bonchev–Trinajstić information content (AvgIpc) is 3.41. The maximum Gasteiger partial charge on any atom is 0.263 e. The van der Waals surface area contributed by atoms with Crippen LogP contribution in [0.4, 0.5) is 20.3 Å². The van der Waals surface area contributed by atoms with Crippen LogP contribution in [0.5, 0.6) is 0 Å². The lowest BCUT2D eigenvalue weighted by molar-refractivity contribution is 0.0938. The molecule has 1 aliphatic heterocycles. The molecule has 4 heterocycles. The van der Waals surface area contributed by atoms with Gasteiger partial charge >= 0.3 is 0 Å². The highest BCUT2D eigenvalue weighted by Gasteiger charge is 2.34. The van der Waals surface area contributed by atoms with E-state index in [4.69, 9.17) is 15.5 Å². The van der Waals surface area contributed by atoms with Crippen LogP contribution in [0.25, 0.3) is 10.2 Å². The number of nitrogen functional groups attached to an aromatic ring is 1. The summed E-state index contributed by atoms with van der Waals surface area (Å²) in [4.78, 5) is 24.8. The minimum Gasteiger partial charge on any atom is -0.397 e. The molecule has 11 heteroatoms. The van der Waals surface area contributed by atoms with Crippen LogP contribution in [0.2, 0.25) is 0 Å². The van der Waals surface area contributed by atoms with Crippen LogP contribution in [-0.2, 0) is 17.6 Å². The van der Waals surface area contributed by atoms with Crippen molar-refractivity contribution in [3.05, 3.63) is 45.6 Å². The van der Waals surface area contributed by atoms with Gasteiger partial charge in [0.15, 0.2) is 0 Å². The topological polar surface area (TPSA) is 105 Å². The van der Waals surface area contributed by atoms with Crippen molar-refractivity contribution in [1.29, 1.82) is 0 Å². The zero-order chi connectivity index (χ0) is 24.9. The minimum atomic E-state index is -0.465. The van der Waals surface area contributed by atoms with Gasteiger partial charge in [-0.1, -0.05) is 0 Å². The number of halogens is 2. The number of rotatable bonds is 5. The second-order valence-corrected chi connectivity index (χ2v) is 10.1. The van der Waals surface area contributed by atoms with E-state index in [1.54, 1.807) is 14.0 Å². The summed E-state index contributed by atoms with van der Waals surface area (Å²) in [5.74, 6) is -0.532. The lowest BCUT2D eigenvalue weighted by Gasteiger charge is -2.27. The number of fused-ring (bicyclic) bond motifs is 2. The van der Waals surface area contributed by atoms with E-state index in [0.717, 1.165) is 17.0 Å². The van der Waals surface area contributed by atoms with Crippen molar-refractivity contribution in [3.63, 3.8) is 0 Å². The lowest BCUT2D eigenvalue weighted by atomic mass is 9.91. The number of aryl methyl sites for hydroxylation is 2. The number of nitrogens with one attached hydrogen (secondary N) is 2. The number of anilines is 2. The van der Waals surface area contributed by atoms with Gasteiger partial charge in [0.25, 0.3) is 5.91 Å². The number of amides is 1.